The molecule has 0 saturated heterocycles. The number of aromatic nitrogens is 7. The van der Waals surface area contributed by atoms with E-state index in [0.29, 0.717) is 17.8 Å². The van der Waals surface area contributed by atoms with Gasteiger partial charge in [-0.05, 0) is 49.2 Å². The average molecular weight is 471 g/mol. The maximum Gasteiger partial charge on any atom is 0.256 e. The third-order valence-corrected chi connectivity index (χ3v) is 5.71. The number of nitrogens with one attached hydrogen (secondary N) is 1. The van der Waals surface area contributed by atoms with E-state index >= 15 is 0 Å². The first-order chi connectivity index (χ1) is 14.5. The highest BCUT2D eigenvalue weighted by atomic mass is 79.9. The topological polar surface area (TPSA) is 94.9 Å². The van der Waals surface area contributed by atoms with Crippen molar-refractivity contribution in [3.05, 3.63) is 52.3 Å². The number of rotatable bonds is 7. The number of carbonyl (C=O) groups is 1. The number of carbonyl (C=O) groups excluding carboxylic acids is 1. The van der Waals surface area contributed by atoms with Crippen molar-refractivity contribution in [2.24, 2.45) is 0 Å². The minimum Gasteiger partial charge on any atom is -0.352 e. The fourth-order valence-electron chi connectivity index (χ4n) is 3.33. The largest absolute Gasteiger partial charge is 0.352 e. The molecule has 1 amide bonds. The number of hydrogen-bond acceptors (Lipinski definition) is 5. The van der Waals surface area contributed by atoms with Crippen LogP contribution in [-0.4, -0.2) is 46.6 Å². The van der Waals surface area contributed by atoms with Gasteiger partial charge >= 0.3 is 0 Å². The molecule has 1 N–H and O–H groups in total. The van der Waals surface area contributed by atoms with Crippen LogP contribution in [0, 0.1) is 13.8 Å². The number of halogens is 1. The van der Waals surface area contributed by atoms with Crippen LogP contribution >= 0.6 is 15.9 Å². The van der Waals surface area contributed by atoms with Crippen molar-refractivity contribution in [1.82, 2.24) is 39.5 Å². The molecule has 0 aliphatic heterocycles. The summed E-state index contributed by atoms with van der Waals surface area (Å²) < 4.78 is 6.43. The summed E-state index contributed by atoms with van der Waals surface area (Å²) in [6, 6.07) is 1.88. The van der Waals surface area contributed by atoms with Crippen LogP contribution in [0.2, 0.25) is 0 Å². The number of nitrogens with zero attached hydrogens (tertiary/aromatic N) is 7. The highest BCUT2D eigenvalue weighted by Crippen LogP contribution is 2.23. The summed E-state index contributed by atoms with van der Waals surface area (Å²) in [5.41, 5.74) is 4.67. The maximum absolute atomic E-state index is 12.7. The maximum atomic E-state index is 12.7. The lowest BCUT2D eigenvalue weighted by molar-refractivity contribution is 0.0954. The molecule has 156 valence electrons. The van der Waals surface area contributed by atoms with Crippen molar-refractivity contribution in [2.75, 3.05) is 6.54 Å². The van der Waals surface area contributed by atoms with Gasteiger partial charge in [-0.15, -0.1) is 0 Å². The van der Waals surface area contributed by atoms with Gasteiger partial charge in [-0.2, -0.15) is 15.3 Å². The Morgan fingerprint density at radius 2 is 1.97 bits per heavy atom. The van der Waals surface area contributed by atoms with Crippen molar-refractivity contribution in [3.63, 3.8) is 0 Å². The van der Waals surface area contributed by atoms with Crippen molar-refractivity contribution in [2.45, 2.75) is 40.3 Å². The summed E-state index contributed by atoms with van der Waals surface area (Å²) in [5, 5.41) is 16.3. The smallest absolute Gasteiger partial charge is 0.256 e. The molecule has 4 heterocycles. The van der Waals surface area contributed by atoms with E-state index in [1.165, 1.54) is 0 Å². The van der Waals surface area contributed by atoms with Crippen LogP contribution < -0.4 is 5.32 Å². The first-order valence-corrected chi connectivity index (χ1v) is 10.6. The van der Waals surface area contributed by atoms with Crippen molar-refractivity contribution in [3.8, 4) is 11.3 Å². The van der Waals surface area contributed by atoms with E-state index in [2.05, 4.69) is 41.5 Å². The van der Waals surface area contributed by atoms with E-state index in [4.69, 9.17) is 0 Å². The molecule has 0 radical (unpaired) electrons. The summed E-state index contributed by atoms with van der Waals surface area (Å²) >= 11 is 3.46. The van der Waals surface area contributed by atoms with Crippen molar-refractivity contribution in [1.29, 1.82) is 0 Å². The van der Waals surface area contributed by atoms with E-state index in [9.17, 15) is 4.79 Å². The van der Waals surface area contributed by atoms with Gasteiger partial charge in [0.15, 0.2) is 5.65 Å². The van der Waals surface area contributed by atoms with E-state index in [0.717, 1.165) is 46.6 Å². The zero-order chi connectivity index (χ0) is 21.3. The number of aryl methyl sites for hydroxylation is 4. The molecule has 0 unspecified atom stereocenters. The van der Waals surface area contributed by atoms with Crippen LogP contribution in [0.3, 0.4) is 0 Å². The van der Waals surface area contributed by atoms with E-state index < -0.39 is 0 Å². The third-order valence-electron chi connectivity index (χ3n) is 4.93. The summed E-state index contributed by atoms with van der Waals surface area (Å²) in [4.78, 5) is 17.1. The van der Waals surface area contributed by atoms with Gasteiger partial charge in [-0.3, -0.25) is 14.2 Å². The van der Waals surface area contributed by atoms with Crippen LogP contribution in [0.15, 0.2) is 35.3 Å². The molecule has 0 aliphatic carbocycles. The summed E-state index contributed by atoms with van der Waals surface area (Å²) in [7, 11) is 0. The van der Waals surface area contributed by atoms with Crippen LogP contribution in [0.4, 0.5) is 0 Å². The molecule has 10 heteroatoms. The Hall–Kier alpha value is -3.01. The normalized spacial score (nSPS) is 11.3. The fourth-order valence-corrected chi connectivity index (χ4v) is 3.65. The minimum absolute atomic E-state index is 0.187. The molecule has 0 saturated carbocycles. The van der Waals surface area contributed by atoms with Gasteiger partial charge in [0.05, 0.1) is 27.8 Å². The average Bonchev–Trinajstić information content (AvgIpc) is 3.42. The molecule has 4 rings (SSSR count). The van der Waals surface area contributed by atoms with E-state index in [1.807, 2.05) is 48.6 Å². The first-order valence-electron chi connectivity index (χ1n) is 9.83. The van der Waals surface area contributed by atoms with Gasteiger partial charge in [-0.25, -0.2) is 9.50 Å². The molecule has 0 bridgehead atoms. The van der Waals surface area contributed by atoms with Gasteiger partial charge in [0, 0.05) is 43.8 Å². The third kappa shape index (κ3) is 3.87. The molecule has 30 heavy (non-hydrogen) atoms. The Bertz CT molecular complexity index is 1190. The van der Waals surface area contributed by atoms with Crippen LogP contribution in [-0.2, 0) is 13.1 Å². The number of hydrogen-bond donors (Lipinski definition) is 1. The second-order valence-corrected chi connectivity index (χ2v) is 7.90. The standard InChI is InChI=1S/C20H23BrN8O/c1-4-27-11-16(13(2)25-27)18-6-8-22-19-15(10-24-29(18)19)20(30)23-7-5-9-28-12-17(21)14(3)26-28/h6,8,10-12H,4-5,7,9H2,1-3H3,(H,23,30). The molecule has 0 spiro atoms. The van der Waals surface area contributed by atoms with Crippen LogP contribution in [0.25, 0.3) is 16.9 Å². The summed E-state index contributed by atoms with van der Waals surface area (Å²) in [5.74, 6) is -0.187. The molecular formula is C20H23BrN8O. The Morgan fingerprint density at radius 1 is 1.17 bits per heavy atom. The molecule has 0 aromatic carbocycles. The fraction of sp³-hybridized carbons (Fsp3) is 0.350. The van der Waals surface area contributed by atoms with E-state index in [-0.39, 0.29) is 5.91 Å². The predicted molar refractivity (Wildman–Crippen MR) is 116 cm³/mol. The molecular weight excluding hydrogens is 448 g/mol. The lowest BCUT2D eigenvalue weighted by Gasteiger charge is -2.05. The van der Waals surface area contributed by atoms with E-state index in [1.54, 1.807) is 16.9 Å². The Labute approximate surface area is 182 Å². The zero-order valence-electron chi connectivity index (χ0n) is 17.1. The van der Waals surface area contributed by atoms with Crippen LogP contribution in [0.5, 0.6) is 0 Å². The van der Waals surface area contributed by atoms with Crippen molar-refractivity contribution >= 4 is 27.5 Å². The predicted octanol–water partition coefficient (Wildman–Crippen LogP) is 3.01. The molecule has 0 aliphatic rings. The quantitative estimate of drug-likeness (QED) is 0.418. The second-order valence-electron chi connectivity index (χ2n) is 7.04. The monoisotopic (exact) mass is 470 g/mol. The molecule has 9 nitrogen and oxygen atoms in total. The molecule has 0 fully saturated rings. The van der Waals surface area contributed by atoms with Gasteiger partial charge in [0.25, 0.3) is 5.91 Å². The Morgan fingerprint density at radius 3 is 2.67 bits per heavy atom. The van der Waals surface area contributed by atoms with Crippen molar-refractivity contribution < 1.29 is 4.79 Å². The highest BCUT2D eigenvalue weighted by molar-refractivity contribution is 9.10. The number of amides is 1. The van der Waals surface area contributed by atoms with Gasteiger partial charge < -0.3 is 5.32 Å². The highest BCUT2D eigenvalue weighted by Gasteiger charge is 2.17. The van der Waals surface area contributed by atoms with Crippen LogP contribution in [0.1, 0.15) is 35.1 Å². The molecule has 0 atom stereocenters. The summed E-state index contributed by atoms with van der Waals surface area (Å²) in [6.45, 7) is 8.01. The molecule has 4 aromatic rings. The summed E-state index contributed by atoms with van der Waals surface area (Å²) in [6.07, 6.45) is 7.96. The van der Waals surface area contributed by atoms with Gasteiger partial charge in [0.1, 0.15) is 5.56 Å². The second kappa shape index (κ2) is 8.39. The van der Waals surface area contributed by atoms with Gasteiger partial charge in [-0.1, -0.05) is 0 Å². The first kappa shape index (κ1) is 20.3. The Kier molecular flexibility index (Phi) is 5.67. The lowest BCUT2D eigenvalue weighted by Crippen LogP contribution is -2.25. The lowest BCUT2D eigenvalue weighted by atomic mass is 10.2. The zero-order valence-corrected chi connectivity index (χ0v) is 18.7. The minimum atomic E-state index is -0.187. The SMILES string of the molecule is CCn1cc(-c2ccnc3c(C(=O)NCCCn4cc(Br)c(C)n4)cnn23)c(C)n1. The number of fused-ring (bicyclic) bond motifs is 1. The van der Waals surface area contributed by atoms with Gasteiger partial charge in [0.2, 0.25) is 0 Å². The Balaban J connectivity index is 1.48. The molecule has 4 aromatic heterocycles.